The van der Waals surface area contributed by atoms with Gasteiger partial charge in [0.1, 0.15) is 0 Å². The van der Waals surface area contributed by atoms with E-state index in [1.165, 1.54) is 0 Å². The fourth-order valence-corrected chi connectivity index (χ4v) is 1.68. The average Bonchev–Trinajstić information content (AvgIpc) is 2.35. The molecule has 18 heavy (non-hydrogen) atoms. The summed E-state index contributed by atoms with van der Waals surface area (Å²) >= 11 is 0. The molecule has 92 valence electrons. The number of fused-ring (bicyclic) bond motifs is 1. The first-order chi connectivity index (χ1) is 8.58. The van der Waals surface area contributed by atoms with Gasteiger partial charge in [-0.1, -0.05) is 24.3 Å². The molecule has 0 saturated carbocycles. The van der Waals surface area contributed by atoms with Gasteiger partial charge in [0.15, 0.2) is 0 Å². The largest absolute Gasteiger partial charge is 0.478 e. The number of aromatic carboxylic acids is 1. The van der Waals surface area contributed by atoms with Crippen molar-refractivity contribution in [1.29, 1.82) is 0 Å². The van der Waals surface area contributed by atoms with Crippen LogP contribution >= 0.6 is 0 Å². The van der Waals surface area contributed by atoms with Crippen molar-refractivity contribution in [2.45, 2.75) is 0 Å². The van der Waals surface area contributed by atoms with Crippen LogP contribution in [0, 0.1) is 0 Å². The highest BCUT2D eigenvalue weighted by Crippen LogP contribution is 2.26. The summed E-state index contributed by atoms with van der Waals surface area (Å²) in [6.07, 6.45) is 1.59. The predicted molar refractivity (Wildman–Crippen MR) is 72.7 cm³/mol. The summed E-state index contributed by atoms with van der Waals surface area (Å²) in [6.45, 7) is 0. The van der Waals surface area contributed by atoms with Crippen molar-refractivity contribution in [3.8, 4) is 0 Å². The summed E-state index contributed by atoms with van der Waals surface area (Å²) in [5, 5.41) is 11.1. The topological polar surface area (TPSA) is 52.9 Å². The van der Waals surface area contributed by atoms with Crippen LogP contribution in [-0.4, -0.2) is 36.4 Å². The Hall–Kier alpha value is -2.36. The molecule has 0 aromatic heterocycles. The van der Waals surface area contributed by atoms with E-state index in [1.807, 2.05) is 38.4 Å². The van der Waals surface area contributed by atoms with Crippen LogP contribution in [0.5, 0.6) is 0 Å². The van der Waals surface area contributed by atoms with E-state index in [2.05, 4.69) is 4.99 Å². The number of rotatable bonds is 3. The average molecular weight is 242 g/mol. The molecule has 0 aliphatic carbocycles. The lowest BCUT2D eigenvalue weighted by Crippen LogP contribution is -2.07. The standard InChI is InChI=1S/C14H14N2O2/c1-16(2)9-15-13-8-11-6-4-3-5-10(11)7-12(13)14(17)18/h3-9H,1-2H3,(H,17,18)/b15-9+. The van der Waals surface area contributed by atoms with Gasteiger partial charge in [-0.2, -0.15) is 0 Å². The molecule has 4 nitrogen and oxygen atoms in total. The Morgan fingerprint density at radius 2 is 1.83 bits per heavy atom. The fraction of sp³-hybridized carbons (Fsp3) is 0.143. The third-order valence-electron chi connectivity index (χ3n) is 2.52. The first-order valence-electron chi connectivity index (χ1n) is 5.54. The van der Waals surface area contributed by atoms with Crippen molar-refractivity contribution in [3.63, 3.8) is 0 Å². The predicted octanol–water partition coefficient (Wildman–Crippen LogP) is 2.76. The van der Waals surface area contributed by atoms with Crippen molar-refractivity contribution in [3.05, 3.63) is 42.0 Å². The van der Waals surface area contributed by atoms with E-state index < -0.39 is 5.97 Å². The molecule has 0 atom stereocenters. The van der Waals surface area contributed by atoms with Crippen molar-refractivity contribution in [2.75, 3.05) is 14.1 Å². The highest BCUT2D eigenvalue weighted by molar-refractivity contribution is 6.00. The number of hydrogen-bond donors (Lipinski definition) is 1. The van der Waals surface area contributed by atoms with E-state index >= 15 is 0 Å². The second kappa shape index (κ2) is 4.87. The fourth-order valence-electron chi connectivity index (χ4n) is 1.68. The molecule has 2 aromatic carbocycles. The second-order valence-corrected chi connectivity index (χ2v) is 4.23. The van der Waals surface area contributed by atoms with Gasteiger partial charge < -0.3 is 10.0 Å². The number of nitrogens with zero attached hydrogens (tertiary/aromatic N) is 2. The minimum atomic E-state index is -0.966. The van der Waals surface area contributed by atoms with Crippen LogP contribution in [0.1, 0.15) is 10.4 Å². The maximum absolute atomic E-state index is 11.2. The molecule has 0 spiro atoms. The first-order valence-corrected chi connectivity index (χ1v) is 5.54. The van der Waals surface area contributed by atoms with Crippen LogP contribution in [0.3, 0.4) is 0 Å². The molecular weight excluding hydrogens is 228 g/mol. The molecule has 0 unspecified atom stereocenters. The van der Waals surface area contributed by atoms with E-state index in [-0.39, 0.29) is 5.56 Å². The lowest BCUT2D eigenvalue weighted by atomic mass is 10.1. The zero-order chi connectivity index (χ0) is 13.1. The molecular formula is C14H14N2O2. The minimum Gasteiger partial charge on any atom is -0.478 e. The summed E-state index contributed by atoms with van der Waals surface area (Å²) in [7, 11) is 3.68. The van der Waals surface area contributed by atoms with Gasteiger partial charge in [0.2, 0.25) is 0 Å². The normalized spacial score (nSPS) is 11.0. The Morgan fingerprint density at radius 1 is 1.22 bits per heavy atom. The molecule has 2 rings (SSSR count). The SMILES string of the molecule is CN(C)/C=N/c1cc2ccccc2cc1C(=O)O. The van der Waals surface area contributed by atoms with Gasteiger partial charge in [-0.05, 0) is 22.9 Å². The van der Waals surface area contributed by atoms with E-state index in [9.17, 15) is 9.90 Å². The van der Waals surface area contributed by atoms with Crippen molar-refractivity contribution in [2.24, 2.45) is 4.99 Å². The van der Waals surface area contributed by atoms with Crippen molar-refractivity contribution >= 4 is 28.8 Å². The minimum absolute atomic E-state index is 0.215. The van der Waals surface area contributed by atoms with Crippen molar-refractivity contribution < 1.29 is 9.90 Å². The Balaban J connectivity index is 2.61. The Bertz CT molecular complexity index is 618. The number of carbonyl (C=O) groups is 1. The quantitative estimate of drug-likeness (QED) is 0.665. The summed E-state index contributed by atoms with van der Waals surface area (Å²) in [5.41, 5.74) is 0.682. The molecule has 4 heteroatoms. The molecule has 0 radical (unpaired) electrons. The Morgan fingerprint density at radius 3 is 2.39 bits per heavy atom. The van der Waals surface area contributed by atoms with Gasteiger partial charge in [0.25, 0.3) is 0 Å². The summed E-state index contributed by atoms with van der Waals surface area (Å²) in [4.78, 5) is 17.2. The van der Waals surface area contributed by atoms with Crippen LogP contribution in [0.4, 0.5) is 5.69 Å². The van der Waals surface area contributed by atoms with Crippen LogP contribution in [-0.2, 0) is 0 Å². The van der Waals surface area contributed by atoms with Crippen molar-refractivity contribution in [1.82, 2.24) is 4.90 Å². The monoisotopic (exact) mass is 242 g/mol. The van der Waals surface area contributed by atoms with Crippen LogP contribution in [0.25, 0.3) is 10.8 Å². The molecule has 0 bridgehead atoms. The van der Waals surface area contributed by atoms with Gasteiger partial charge >= 0.3 is 5.97 Å². The molecule has 0 heterocycles. The van der Waals surface area contributed by atoms with Gasteiger partial charge in [0.05, 0.1) is 17.6 Å². The van der Waals surface area contributed by atoms with E-state index in [4.69, 9.17) is 0 Å². The lowest BCUT2D eigenvalue weighted by Gasteiger charge is -2.06. The molecule has 0 aliphatic rings. The summed E-state index contributed by atoms with van der Waals surface area (Å²) < 4.78 is 0. The zero-order valence-electron chi connectivity index (χ0n) is 10.3. The third-order valence-corrected chi connectivity index (χ3v) is 2.52. The first kappa shape index (κ1) is 12.1. The number of aliphatic imine (C=N–C) groups is 1. The summed E-state index contributed by atoms with van der Waals surface area (Å²) in [5.74, 6) is -0.966. The lowest BCUT2D eigenvalue weighted by molar-refractivity contribution is 0.0698. The van der Waals surface area contributed by atoms with Crippen LogP contribution in [0.15, 0.2) is 41.4 Å². The molecule has 1 N–H and O–H groups in total. The van der Waals surface area contributed by atoms with Gasteiger partial charge in [0, 0.05) is 14.1 Å². The third kappa shape index (κ3) is 2.48. The molecule has 2 aromatic rings. The smallest absolute Gasteiger partial charge is 0.337 e. The maximum Gasteiger partial charge on any atom is 0.337 e. The van der Waals surface area contributed by atoms with Crippen LogP contribution in [0.2, 0.25) is 0 Å². The van der Waals surface area contributed by atoms with Gasteiger partial charge in [-0.3, -0.25) is 0 Å². The zero-order valence-corrected chi connectivity index (χ0v) is 10.3. The van der Waals surface area contributed by atoms with Crippen LogP contribution < -0.4 is 0 Å². The number of carboxylic acids is 1. The number of benzene rings is 2. The van der Waals surface area contributed by atoms with E-state index in [0.717, 1.165) is 10.8 Å². The van der Waals surface area contributed by atoms with E-state index in [1.54, 1.807) is 23.4 Å². The van der Waals surface area contributed by atoms with E-state index in [0.29, 0.717) is 5.69 Å². The molecule has 0 aliphatic heterocycles. The molecule has 0 fully saturated rings. The number of hydrogen-bond acceptors (Lipinski definition) is 2. The van der Waals surface area contributed by atoms with Gasteiger partial charge in [-0.15, -0.1) is 0 Å². The molecule has 0 amide bonds. The molecule has 0 saturated heterocycles. The highest BCUT2D eigenvalue weighted by Gasteiger charge is 2.10. The summed E-state index contributed by atoms with van der Waals surface area (Å²) in [6, 6.07) is 11.1. The highest BCUT2D eigenvalue weighted by atomic mass is 16.4. The Kier molecular flexibility index (Phi) is 3.28. The van der Waals surface area contributed by atoms with Gasteiger partial charge in [-0.25, -0.2) is 9.79 Å². The Labute approximate surface area is 105 Å². The maximum atomic E-state index is 11.2. The second-order valence-electron chi connectivity index (χ2n) is 4.23. The number of carboxylic acid groups (broad SMARTS) is 1.